The minimum Gasteiger partial charge on any atom is -0.434 e. The van der Waals surface area contributed by atoms with Crippen molar-refractivity contribution >= 4 is 15.9 Å². The van der Waals surface area contributed by atoms with E-state index in [1.165, 1.54) is 30.3 Å². The van der Waals surface area contributed by atoms with Crippen LogP contribution in [0.4, 0.5) is 13.6 Å². The number of hydrogen-bond donors (Lipinski definition) is 2. The number of alkyl halides is 2. The van der Waals surface area contributed by atoms with Gasteiger partial charge in [0, 0.05) is 18.7 Å². The zero-order valence-electron chi connectivity index (χ0n) is 13.7. The standard InChI is InChI=1S/C17H18F2N2O4S/c18-16(19)25-15-9-5-4-6-13(15)12-21-17(22)20-10-11-26(23,24)14-7-2-1-3-8-14/h1-9,16H,10-12H2,(H2,20,21,22). The van der Waals surface area contributed by atoms with Crippen LogP contribution in [0.1, 0.15) is 5.56 Å². The lowest BCUT2D eigenvalue weighted by Gasteiger charge is -2.12. The molecule has 0 aliphatic heterocycles. The molecule has 2 aromatic carbocycles. The van der Waals surface area contributed by atoms with E-state index in [0.29, 0.717) is 5.56 Å². The van der Waals surface area contributed by atoms with Gasteiger partial charge in [0.2, 0.25) is 0 Å². The number of urea groups is 1. The summed E-state index contributed by atoms with van der Waals surface area (Å²) in [6, 6.07) is 13.4. The maximum absolute atomic E-state index is 12.3. The van der Waals surface area contributed by atoms with Crippen LogP contribution in [0.5, 0.6) is 5.75 Å². The smallest absolute Gasteiger partial charge is 0.387 e. The van der Waals surface area contributed by atoms with Crippen LogP contribution in [-0.4, -0.2) is 33.4 Å². The van der Waals surface area contributed by atoms with Gasteiger partial charge in [-0.25, -0.2) is 13.2 Å². The van der Waals surface area contributed by atoms with Crippen molar-refractivity contribution < 1.29 is 26.7 Å². The number of rotatable bonds is 8. The maximum atomic E-state index is 12.3. The molecular formula is C17H18F2N2O4S. The minimum absolute atomic E-state index is 0.0329. The number of benzene rings is 2. The van der Waals surface area contributed by atoms with Crippen LogP contribution >= 0.6 is 0 Å². The average Bonchev–Trinajstić information content (AvgIpc) is 2.61. The maximum Gasteiger partial charge on any atom is 0.387 e. The summed E-state index contributed by atoms with van der Waals surface area (Å²) in [6.07, 6.45) is 0. The molecule has 2 aromatic rings. The van der Waals surface area contributed by atoms with Gasteiger partial charge in [-0.1, -0.05) is 36.4 Å². The molecule has 6 nitrogen and oxygen atoms in total. The summed E-state index contributed by atoms with van der Waals surface area (Å²) in [5, 5.41) is 4.89. The van der Waals surface area contributed by atoms with Crippen molar-refractivity contribution in [1.29, 1.82) is 0 Å². The van der Waals surface area contributed by atoms with Crippen LogP contribution in [0.25, 0.3) is 0 Å². The zero-order chi connectivity index (χ0) is 19.0. The van der Waals surface area contributed by atoms with Gasteiger partial charge in [-0.15, -0.1) is 0 Å². The second kappa shape index (κ2) is 9.14. The van der Waals surface area contributed by atoms with Gasteiger partial charge in [0.05, 0.1) is 10.6 Å². The van der Waals surface area contributed by atoms with Gasteiger partial charge >= 0.3 is 12.6 Å². The van der Waals surface area contributed by atoms with Crippen molar-refractivity contribution in [2.45, 2.75) is 18.1 Å². The molecule has 0 bridgehead atoms. The number of halogens is 2. The lowest BCUT2D eigenvalue weighted by Crippen LogP contribution is -2.37. The summed E-state index contributed by atoms with van der Waals surface area (Å²) in [5.74, 6) is -0.287. The fourth-order valence-corrected chi connectivity index (χ4v) is 3.32. The van der Waals surface area contributed by atoms with E-state index in [2.05, 4.69) is 15.4 Å². The molecule has 9 heteroatoms. The molecule has 2 N–H and O–H groups in total. The molecule has 2 rings (SSSR count). The van der Waals surface area contributed by atoms with Gasteiger partial charge in [0.15, 0.2) is 9.84 Å². The van der Waals surface area contributed by atoms with Crippen LogP contribution in [0.2, 0.25) is 0 Å². The zero-order valence-corrected chi connectivity index (χ0v) is 14.5. The van der Waals surface area contributed by atoms with Crippen LogP contribution in [0.3, 0.4) is 0 Å². The Kier molecular flexibility index (Phi) is 6.90. The molecule has 0 aliphatic carbocycles. The molecule has 0 heterocycles. The number of para-hydroxylation sites is 1. The summed E-state index contributed by atoms with van der Waals surface area (Å²) in [4.78, 5) is 11.9. The highest BCUT2D eigenvalue weighted by Gasteiger charge is 2.14. The van der Waals surface area contributed by atoms with Crippen molar-refractivity contribution in [3.63, 3.8) is 0 Å². The predicted octanol–water partition coefficient (Wildman–Crippen LogP) is 2.56. The lowest BCUT2D eigenvalue weighted by atomic mass is 10.2. The van der Waals surface area contributed by atoms with Gasteiger partial charge in [-0.2, -0.15) is 8.78 Å². The number of carbonyl (C=O) groups is 1. The highest BCUT2D eigenvalue weighted by Crippen LogP contribution is 2.19. The number of ether oxygens (including phenoxy) is 1. The first kappa shape index (κ1) is 19.6. The van der Waals surface area contributed by atoms with E-state index in [-0.39, 0.29) is 29.5 Å². The predicted molar refractivity (Wildman–Crippen MR) is 91.8 cm³/mol. The first-order valence-corrected chi connectivity index (χ1v) is 9.36. The summed E-state index contributed by atoms with van der Waals surface area (Å²) < 4.78 is 53.2. The Morgan fingerprint density at radius 1 is 1.00 bits per heavy atom. The van der Waals surface area contributed by atoms with Crippen LogP contribution in [-0.2, 0) is 16.4 Å². The molecule has 0 fully saturated rings. The van der Waals surface area contributed by atoms with E-state index < -0.39 is 22.5 Å². The molecule has 0 atom stereocenters. The van der Waals surface area contributed by atoms with Gasteiger partial charge < -0.3 is 15.4 Å². The van der Waals surface area contributed by atoms with Crippen LogP contribution in [0, 0.1) is 0 Å². The first-order valence-electron chi connectivity index (χ1n) is 7.71. The van der Waals surface area contributed by atoms with E-state index in [9.17, 15) is 22.0 Å². The van der Waals surface area contributed by atoms with Crippen molar-refractivity contribution in [2.75, 3.05) is 12.3 Å². The third kappa shape index (κ3) is 5.99. The van der Waals surface area contributed by atoms with Gasteiger partial charge in [0.25, 0.3) is 0 Å². The van der Waals surface area contributed by atoms with Crippen molar-refractivity contribution in [3.8, 4) is 5.75 Å². The monoisotopic (exact) mass is 384 g/mol. The highest BCUT2D eigenvalue weighted by atomic mass is 32.2. The van der Waals surface area contributed by atoms with Crippen LogP contribution in [0.15, 0.2) is 59.5 Å². The van der Waals surface area contributed by atoms with Gasteiger partial charge in [-0.3, -0.25) is 0 Å². The van der Waals surface area contributed by atoms with Crippen molar-refractivity contribution in [1.82, 2.24) is 10.6 Å². The molecule has 140 valence electrons. The summed E-state index contributed by atoms with van der Waals surface area (Å²) in [7, 11) is -3.49. The molecule has 0 aliphatic rings. The minimum atomic E-state index is -3.49. The van der Waals surface area contributed by atoms with Gasteiger partial charge in [0.1, 0.15) is 5.75 Å². The summed E-state index contributed by atoms with van der Waals surface area (Å²) in [6.45, 7) is -3.09. The Balaban J connectivity index is 1.81. The van der Waals surface area contributed by atoms with E-state index in [0.717, 1.165) is 0 Å². The molecule has 26 heavy (non-hydrogen) atoms. The largest absolute Gasteiger partial charge is 0.434 e. The normalized spacial score (nSPS) is 11.2. The summed E-state index contributed by atoms with van der Waals surface area (Å²) in [5.41, 5.74) is 0.375. The second-order valence-electron chi connectivity index (χ2n) is 5.23. The highest BCUT2D eigenvalue weighted by molar-refractivity contribution is 7.91. The Bertz CT molecular complexity index is 830. The van der Waals surface area contributed by atoms with E-state index in [4.69, 9.17) is 0 Å². The molecule has 0 unspecified atom stereocenters. The molecule has 0 spiro atoms. The summed E-state index contributed by atoms with van der Waals surface area (Å²) >= 11 is 0. The molecule has 0 aromatic heterocycles. The Labute approximate surface area is 150 Å². The number of nitrogens with one attached hydrogen (secondary N) is 2. The van der Waals surface area contributed by atoms with E-state index >= 15 is 0 Å². The van der Waals surface area contributed by atoms with Crippen molar-refractivity contribution in [2.24, 2.45) is 0 Å². The number of amides is 2. The number of sulfone groups is 1. The fourth-order valence-electron chi connectivity index (χ4n) is 2.14. The van der Waals surface area contributed by atoms with E-state index in [1.807, 2.05) is 0 Å². The molecular weight excluding hydrogens is 366 g/mol. The average molecular weight is 384 g/mol. The second-order valence-corrected chi connectivity index (χ2v) is 7.34. The molecule has 0 saturated carbocycles. The fraction of sp³-hybridized carbons (Fsp3) is 0.235. The molecule has 0 radical (unpaired) electrons. The third-order valence-corrected chi connectivity index (χ3v) is 5.12. The Morgan fingerprint density at radius 3 is 2.35 bits per heavy atom. The van der Waals surface area contributed by atoms with Crippen LogP contribution < -0.4 is 15.4 Å². The number of hydrogen-bond acceptors (Lipinski definition) is 4. The quantitative estimate of drug-likeness (QED) is 0.733. The Morgan fingerprint density at radius 2 is 1.65 bits per heavy atom. The Hall–Kier alpha value is -2.68. The number of carbonyl (C=O) groups excluding carboxylic acids is 1. The van der Waals surface area contributed by atoms with E-state index in [1.54, 1.807) is 24.3 Å². The third-order valence-electron chi connectivity index (χ3n) is 3.39. The first-order chi connectivity index (χ1) is 12.4. The molecule has 0 saturated heterocycles. The SMILES string of the molecule is O=C(NCCS(=O)(=O)c1ccccc1)NCc1ccccc1OC(F)F. The lowest BCUT2D eigenvalue weighted by molar-refractivity contribution is -0.0504. The molecule has 2 amide bonds. The van der Waals surface area contributed by atoms with Crippen molar-refractivity contribution in [3.05, 3.63) is 60.2 Å². The van der Waals surface area contributed by atoms with Gasteiger partial charge in [-0.05, 0) is 18.2 Å². The topological polar surface area (TPSA) is 84.5 Å².